The van der Waals surface area contributed by atoms with Gasteiger partial charge in [0, 0.05) is 35.6 Å². The summed E-state index contributed by atoms with van der Waals surface area (Å²) in [5.74, 6) is -0.386. The van der Waals surface area contributed by atoms with Crippen LogP contribution in [0.5, 0.6) is 0 Å². The number of hydrogen-bond acceptors (Lipinski definition) is 8. The van der Waals surface area contributed by atoms with E-state index in [1.165, 1.54) is 12.4 Å². The van der Waals surface area contributed by atoms with Gasteiger partial charge in [-0.15, -0.1) is 5.10 Å². The number of benzene rings is 2. The molecule has 3 amide bonds. The van der Waals surface area contributed by atoms with Gasteiger partial charge in [0.25, 0.3) is 17.7 Å². The van der Waals surface area contributed by atoms with E-state index in [4.69, 9.17) is 17.3 Å². The highest BCUT2D eigenvalue weighted by atomic mass is 35.5. The van der Waals surface area contributed by atoms with Gasteiger partial charge in [-0.25, -0.2) is 4.98 Å². The summed E-state index contributed by atoms with van der Waals surface area (Å²) in [5, 5.41) is 20.1. The van der Waals surface area contributed by atoms with E-state index in [0.29, 0.717) is 74.6 Å². The van der Waals surface area contributed by atoms with Crippen molar-refractivity contribution < 1.29 is 14.4 Å². The molecule has 2 aromatic heterocycles. The van der Waals surface area contributed by atoms with E-state index in [-0.39, 0.29) is 23.4 Å². The number of hydrogen-bond donors (Lipinski definition) is 6. The molecule has 0 saturated heterocycles. The van der Waals surface area contributed by atoms with Crippen LogP contribution in [0.2, 0.25) is 5.02 Å². The monoisotopic (exact) mass is 597 g/mol. The molecule has 43 heavy (non-hydrogen) atoms. The maximum atomic E-state index is 12.9. The largest absolute Gasteiger partial charge is 0.397 e. The maximum absolute atomic E-state index is 12.9. The average molecular weight is 598 g/mol. The normalized spacial score (nSPS) is 13.2. The number of para-hydroxylation sites is 2. The standard InChI is InChI=1S/C30H28ClN9O3/c1-16-24(15-36-40-27-20-13-19(31)8-9-22(20)38-30(27)43)37-17(2)26(16)29(42)34-12-11-33-25-10-7-18(14-35-25)28(41)39-23-6-4-3-5-21(23)32/h3-10,13-15,37H,11-12,32H2,1-2H3,(H,33,35)(H,34,42)(H,39,41)(H,38,40,43). The van der Waals surface area contributed by atoms with E-state index >= 15 is 0 Å². The SMILES string of the molecule is Cc1[nH]c(C=NN=C2C(=O)Nc3ccc(Cl)cc32)c(C)c1C(=O)NCCNc1ccc(C(=O)Nc2ccccc2N)cn1. The number of halogens is 1. The number of fused-ring (bicyclic) bond motifs is 1. The van der Waals surface area contributed by atoms with E-state index in [1.807, 2.05) is 0 Å². The molecular formula is C30H28ClN9O3. The lowest BCUT2D eigenvalue weighted by Crippen LogP contribution is -2.29. The Bertz CT molecular complexity index is 1780. The molecule has 4 aromatic rings. The number of H-pyrrole nitrogens is 1. The Labute approximate surface area is 251 Å². The summed E-state index contributed by atoms with van der Waals surface area (Å²) in [4.78, 5) is 45.1. The van der Waals surface area contributed by atoms with Crippen LogP contribution in [-0.2, 0) is 4.79 Å². The Kier molecular flexibility index (Phi) is 8.49. The van der Waals surface area contributed by atoms with Gasteiger partial charge in [0.2, 0.25) is 0 Å². The molecule has 13 heteroatoms. The van der Waals surface area contributed by atoms with Crippen LogP contribution in [-0.4, -0.2) is 52.7 Å². The molecule has 7 N–H and O–H groups in total. The molecule has 0 fully saturated rings. The van der Waals surface area contributed by atoms with Gasteiger partial charge in [-0.05, 0) is 61.9 Å². The van der Waals surface area contributed by atoms with Crippen LogP contribution in [0, 0.1) is 13.8 Å². The van der Waals surface area contributed by atoms with Crippen molar-refractivity contribution in [2.45, 2.75) is 13.8 Å². The van der Waals surface area contributed by atoms with Crippen molar-refractivity contribution in [1.82, 2.24) is 15.3 Å². The maximum Gasteiger partial charge on any atom is 0.276 e. The quantitative estimate of drug-likeness (QED) is 0.0730. The molecule has 0 atom stereocenters. The molecular weight excluding hydrogens is 570 g/mol. The summed E-state index contributed by atoms with van der Waals surface area (Å²) in [6.45, 7) is 4.33. The molecule has 218 valence electrons. The van der Waals surface area contributed by atoms with Crippen molar-refractivity contribution in [3.63, 3.8) is 0 Å². The summed E-state index contributed by atoms with van der Waals surface area (Å²) in [5.41, 5.74) is 11.1. The predicted octanol–water partition coefficient (Wildman–Crippen LogP) is 4.13. The zero-order valence-electron chi connectivity index (χ0n) is 23.3. The minimum Gasteiger partial charge on any atom is -0.397 e. The Morgan fingerprint density at radius 2 is 1.88 bits per heavy atom. The third kappa shape index (κ3) is 6.54. The van der Waals surface area contributed by atoms with Crippen molar-refractivity contribution in [3.05, 3.63) is 99.5 Å². The Hall–Kier alpha value is -5.49. The number of amides is 3. The molecule has 5 rings (SSSR count). The molecule has 1 aliphatic heterocycles. The number of pyridine rings is 1. The minimum absolute atomic E-state index is 0.157. The first-order chi connectivity index (χ1) is 20.7. The van der Waals surface area contributed by atoms with Crippen LogP contribution in [0.15, 0.2) is 71.0 Å². The number of nitrogen functional groups attached to an aromatic ring is 1. The summed E-state index contributed by atoms with van der Waals surface area (Å²) in [6.07, 6.45) is 2.93. The van der Waals surface area contributed by atoms with Gasteiger partial charge in [0.1, 0.15) is 5.82 Å². The lowest BCUT2D eigenvalue weighted by molar-refractivity contribution is -0.110. The van der Waals surface area contributed by atoms with Crippen molar-refractivity contribution >= 4 is 64.1 Å². The van der Waals surface area contributed by atoms with E-state index < -0.39 is 0 Å². The molecule has 2 aromatic carbocycles. The zero-order chi connectivity index (χ0) is 30.5. The van der Waals surface area contributed by atoms with E-state index in [2.05, 4.69) is 41.4 Å². The van der Waals surface area contributed by atoms with Crippen LogP contribution in [0.4, 0.5) is 22.9 Å². The van der Waals surface area contributed by atoms with Crippen LogP contribution < -0.4 is 27.0 Å². The number of aromatic nitrogens is 2. The predicted molar refractivity (Wildman–Crippen MR) is 168 cm³/mol. The molecule has 0 radical (unpaired) electrons. The van der Waals surface area contributed by atoms with Gasteiger partial charge < -0.3 is 32.0 Å². The molecule has 12 nitrogen and oxygen atoms in total. The number of nitrogens with zero attached hydrogens (tertiary/aromatic N) is 3. The first-order valence-corrected chi connectivity index (χ1v) is 13.6. The third-order valence-electron chi connectivity index (χ3n) is 6.70. The lowest BCUT2D eigenvalue weighted by Gasteiger charge is -2.10. The van der Waals surface area contributed by atoms with Crippen molar-refractivity contribution in [2.75, 3.05) is 34.8 Å². The third-order valence-corrected chi connectivity index (χ3v) is 6.93. The summed E-state index contributed by atoms with van der Waals surface area (Å²) in [7, 11) is 0. The van der Waals surface area contributed by atoms with Crippen LogP contribution >= 0.6 is 11.6 Å². The summed E-state index contributed by atoms with van der Waals surface area (Å²) >= 11 is 6.06. The molecule has 0 saturated carbocycles. The average Bonchev–Trinajstić information content (AvgIpc) is 3.45. The number of nitrogens with two attached hydrogens (primary N) is 1. The van der Waals surface area contributed by atoms with Crippen molar-refractivity contribution in [3.8, 4) is 0 Å². The Morgan fingerprint density at radius 3 is 2.65 bits per heavy atom. The van der Waals surface area contributed by atoms with Gasteiger partial charge in [-0.2, -0.15) is 5.10 Å². The van der Waals surface area contributed by atoms with Crippen molar-refractivity contribution in [2.24, 2.45) is 10.2 Å². The number of anilines is 4. The number of carbonyl (C=O) groups excluding carboxylic acids is 3. The number of carbonyl (C=O) groups is 3. The first-order valence-electron chi connectivity index (χ1n) is 13.3. The Morgan fingerprint density at radius 1 is 1.07 bits per heavy atom. The van der Waals surface area contributed by atoms with Gasteiger partial charge in [-0.1, -0.05) is 23.7 Å². The van der Waals surface area contributed by atoms with E-state index in [1.54, 1.807) is 68.4 Å². The van der Waals surface area contributed by atoms with E-state index in [9.17, 15) is 14.4 Å². The van der Waals surface area contributed by atoms with Crippen LogP contribution in [0.3, 0.4) is 0 Å². The van der Waals surface area contributed by atoms with Crippen LogP contribution in [0.25, 0.3) is 0 Å². The lowest BCUT2D eigenvalue weighted by atomic mass is 10.1. The number of nitrogens with one attached hydrogen (secondary N) is 5. The molecule has 0 aliphatic carbocycles. The minimum atomic E-state index is -0.368. The number of aromatic amines is 1. The smallest absolute Gasteiger partial charge is 0.276 e. The molecule has 3 heterocycles. The Balaban J connectivity index is 1.13. The van der Waals surface area contributed by atoms with Gasteiger partial charge in [0.15, 0.2) is 5.71 Å². The molecule has 0 spiro atoms. The number of aryl methyl sites for hydroxylation is 1. The fraction of sp³-hybridized carbons (Fsp3) is 0.133. The van der Waals surface area contributed by atoms with Gasteiger partial charge >= 0.3 is 0 Å². The summed E-state index contributed by atoms with van der Waals surface area (Å²) < 4.78 is 0. The fourth-order valence-electron chi connectivity index (χ4n) is 4.51. The molecule has 1 aliphatic rings. The second kappa shape index (κ2) is 12.6. The van der Waals surface area contributed by atoms with E-state index in [0.717, 1.165) is 0 Å². The summed E-state index contributed by atoms with van der Waals surface area (Å²) in [6, 6.07) is 15.4. The second-order valence-electron chi connectivity index (χ2n) is 9.66. The highest BCUT2D eigenvalue weighted by Gasteiger charge is 2.26. The van der Waals surface area contributed by atoms with Crippen molar-refractivity contribution in [1.29, 1.82) is 0 Å². The van der Waals surface area contributed by atoms with Gasteiger partial charge in [0.05, 0.1) is 40.1 Å². The number of rotatable bonds is 9. The van der Waals surface area contributed by atoms with Gasteiger partial charge in [-0.3, -0.25) is 14.4 Å². The zero-order valence-corrected chi connectivity index (χ0v) is 24.0. The molecule has 0 unspecified atom stereocenters. The highest BCUT2D eigenvalue weighted by Crippen LogP contribution is 2.27. The molecule has 0 bridgehead atoms. The first kappa shape index (κ1) is 29.0. The fourth-order valence-corrected chi connectivity index (χ4v) is 4.68. The second-order valence-corrected chi connectivity index (χ2v) is 10.1. The topological polar surface area (TPSA) is 179 Å². The van der Waals surface area contributed by atoms with Crippen LogP contribution in [0.1, 0.15) is 43.2 Å². The highest BCUT2D eigenvalue weighted by molar-refractivity contribution is 6.54.